The molecule has 1 unspecified atom stereocenters. The highest BCUT2D eigenvalue weighted by atomic mass is 35.5. The van der Waals surface area contributed by atoms with E-state index in [1.54, 1.807) is 6.07 Å². The molecule has 0 aliphatic rings. The summed E-state index contributed by atoms with van der Waals surface area (Å²) in [4.78, 5) is 6.61. The van der Waals surface area contributed by atoms with E-state index >= 15 is 0 Å². The standard InChI is InChI=1S/C16H20ClFN2S/c1-4-11(2)20(3)9-13-7-12(5-6-15(13)18)16-19-14(8-17)10-21-16/h5-7,10-11H,4,8-9H2,1-3H3. The van der Waals surface area contributed by atoms with Crippen LogP contribution in [0.5, 0.6) is 0 Å². The number of nitrogens with zero attached hydrogens (tertiary/aromatic N) is 2. The second-order valence-electron chi connectivity index (χ2n) is 5.26. The molecule has 0 radical (unpaired) electrons. The average molecular weight is 327 g/mol. The summed E-state index contributed by atoms with van der Waals surface area (Å²) >= 11 is 7.32. The number of aromatic nitrogens is 1. The fourth-order valence-corrected chi connectivity index (χ4v) is 3.11. The van der Waals surface area contributed by atoms with Crippen LogP contribution in [0.4, 0.5) is 4.39 Å². The van der Waals surface area contributed by atoms with E-state index in [4.69, 9.17) is 11.6 Å². The molecule has 0 amide bonds. The SMILES string of the molecule is CCC(C)N(C)Cc1cc(-c2nc(CCl)cs2)ccc1F. The number of thiazole rings is 1. The van der Waals surface area contributed by atoms with Crippen molar-refractivity contribution in [3.05, 3.63) is 40.7 Å². The minimum absolute atomic E-state index is 0.164. The van der Waals surface area contributed by atoms with Gasteiger partial charge in [0.2, 0.25) is 0 Å². The molecule has 2 nitrogen and oxygen atoms in total. The highest BCUT2D eigenvalue weighted by Gasteiger charge is 2.13. The van der Waals surface area contributed by atoms with Crippen LogP contribution in [0.15, 0.2) is 23.6 Å². The van der Waals surface area contributed by atoms with Gasteiger partial charge in [0.1, 0.15) is 10.8 Å². The molecule has 5 heteroatoms. The van der Waals surface area contributed by atoms with Gasteiger partial charge in [0, 0.05) is 29.1 Å². The van der Waals surface area contributed by atoms with E-state index in [0.717, 1.165) is 22.7 Å². The first-order valence-corrected chi connectivity index (χ1v) is 8.46. The Bertz CT molecular complexity index is 600. The fourth-order valence-electron chi connectivity index (χ4n) is 2.07. The minimum atomic E-state index is -0.164. The third-order valence-electron chi connectivity index (χ3n) is 3.74. The van der Waals surface area contributed by atoms with E-state index in [1.165, 1.54) is 17.4 Å². The van der Waals surface area contributed by atoms with E-state index in [9.17, 15) is 4.39 Å². The largest absolute Gasteiger partial charge is 0.299 e. The lowest BCUT2D eigenvalue weighted by Crippen LogP contribution is -2.28. The van der Waals surface area contributed by atoms with Gasteiger partial charge in [-0.2, -0.15) is 0 Å². The quantitative estimate of drug-likeness (QED) is 0.700. The highest BCUT2D eigenvalue weighted by molar-refractivity contribution is 7.13. The highest BCUT2D eigenvalue weighted by Crippen LogP contribution is 2.27. The second kappa shape index (κ2) is 7.34. The third kappa shape index (κ3) is 4.02. The molecule has 1 aromatic carbocycles. The maximum Gasteiger partial charge on any atom is 0.127 e. The lowest BCUT2D eigenvalue weighted by molar-refractivity contribution is 0.241. The molecule has 2 rings (SSSR count). The van der Waals surface area contributed by atoms with Crippen molar-refractivity contribution in [2.75, 3.05) is 7.05 Å². The van der Waals surface area contributed by atoms with E-state index in [-0.39, 0.29) is 5.82 Å². The Morgan fingerprint density at radius 1 is 1.43 bits per heavy atom. The third-order valence-corrected chi connectivity index (χ3v) is 4.96. The zero-order chi connectivity index (χ0) is 15.4. The Labute approximate surface area is 134 Å². The van der Waals surface area contributed by atoms with E-state index in [1.807, 2.05) is 18.5 Å². The van der Waals surface area contributed by atoms with Crippen molar-refractivity contribution < 1.29 is 4.39 Å². The number of hydrogen-bond acceptors (Lipinski definition) is 3. The van der Waals surface area contributed by atoms with Gasteiger partial charge >= 0.3 is 0 Å². The van der Waals surface area contributed by atoms with Crippen molar-refractivity contribution in [3.63, 3.8) is 0 Å². The van der Waals surface area contributed by atoms with Crippen LogP contribution in [0, 0.1) is 5.82 Å². The van der Waals surface area contributed by atoms with E-state index in [0.29, 0.717) is 24.0 Å². The van der Waals surface area contributed by atoms with Crippen molar-refractivity contribution in [1.82, 2.24) is 9.88 Å². The molecule has 0 aliphatic carbocycles. The first-order valence-electron chi connectivity index (χ1n) is 7.04. The molecular formula is C16H20ClFN2S. The summed E-state index contributed by atoms with van der Waals surface area (Å²) in [7, 11) is 2.02. The van der Waals surface area contributed by atoms with Crippen LogP contribution in [0.25, 0.3) is 10.6 Å². The van der Waals surface area contributed by atoms with Gasteiger partial charge in [-0.3, -0.25) is 4.90 Å². The maximum absolute atomic E-state index is 14.0. The molecular weight excluding hydrogens is 307 g/mol. The Balaban J connectivity index is 2.24. The maximum atomic E-state index is 14.0. The number of alkyl halides is 1. The normalized spacial score (nSPS) is 12.9. The van der Waals surface area contributed by atoms with Crippen molar-refractivity contribution >= 4 is 22.9 Å². The van der Waals surface area contributed by atoms with Gasteiger partial charge in [0.25, 0.3) is 0 Å². The molecule has 1 heterocycles. The molecule has 2 aromatic rings. The lowest BCUT2D eigenvalue weighted by atomic mass is 10.1. The number of rotatable bonds is 6. The molecule has 114 valence electrons. The molecule has 0 N–H and O–H groups in total. The molecule has 0 fully saturated rings. The zero-order valence-electron chi connectivity index (χ0n) is 12.6. The molecule has 1 atom stereocenters. The summed E-state index contributed by atoms with van der Waals surface area (Å²) in [6, 6.07) is 5.62. The van der Waals surface area contributed by atoms with Crippen LogP contribution in [0.2, 0.25) is 0 Å². The minimum Gasteiger partial charge on any atom is -0.299 e. The first-order chi connectivity index (χ1) is 10.0. The fraction of sp³-hybridized carbons (Fsp3) is 0.438. The first kappa shape index (κ1) is 16.4. The monoisotopic (exact) mass is 326 g/mol. The van der Waals surface area contributed by atoms with Crippen molar-refractivity contribution in [2.45, 2.75) is 38.7 Å². The van der Waals surface area contributed by atoms with Crippen molar-refractivity contribution in [1.29, 1.82) is 0 Å². The summed E-state index contributed by atoms with van der Waals surface area (Å²) in [5.74, 6) is 0.240. The zero-order valence-corrected chi connectivity index (χ0v) is 14.1. The topological polar surface area (TPSA) is 16.1 Å². The van der Waals surface area contributed by atoms with Crippen LogP contribution in [-0.2, 0) is 12.4 Å². The second-order valence-corrected chi connectivity index (χ2v) is 6.38. The molecule has 0 spiro atoms. The van der Waals surface area contributed by atoms with Gasteiger partial charge in [-0.1, -0.05) is 6.92 Å². The summed E-state index contributed by atoms with van der Waals surface area (Å²) < 4.78 is 14.0. The number of benzene rings is 1. The molecule has 0 bridgehead atoms. The van der Waals surface area contributed by atoms with Crippen LogP contribution in [-0.4, -0.2) is 23.0 Å². The summed E-state index contributed by atoms with van der Waals surface area (Å²) in [5, 5.41) is 2.83. The Hall–Kier alpha value is -0.970. The van der Waals surface area contributed by atoms with Gasteiger partial charge in [-0.15, -0.1) is 22.9 Å². The van der Waals surface area contributed by atoms with Gasteiger partial charge < -0.3 is 0 Å². The van der Waals surface area contributed by atoms with Gasteiger partial charge in [-0.25, -0.2) is 9.37 Å². The average Bonchev–Trinajstić information content (AvgIpc) is 2.97. The van der Waals surface area contributed by atoms with Gasteiger partial charge in [0.15, 0.2) is 0 Å². The lowest BCUT2D eigenvalue weighted by Gasteiger charge is -2.23. The van der Waals surface area contributed by atoms with Crippen LogP contribution in [0.3, 0.4) is 0 Å². The van der Waals surface area contributed by atoms with E-state index < -0.39 is 0 Å². The Morgan fingerprint density at radius 2 is 2.19 bits per heavy atom. The summed E-state index contributed by atoms with van der Waals surface area (Å²) in [5.41, 5.74) is 2.52. The van der Waals surface area contributed by atoms with Crippen LogP contribution < -0.4 is 0 Å². The molecule has 0 saturated carbocycles. The molecule has 21 heavy (non-hydrogen) atoms. The Morgan fingerprint density at radius 3 is 2.81 bits per heavy atom. The summed E-state index contributed by atoms with van der Waals surface area (Å²) in [6.45, 7) is 4.88. The van der Waals surface area contributed by atoms with Gasteiger partial charge in [-0.05, 0) is 38.6 Å². The van der Waals surface area contributed by atoms with Crippen molar-refractivity contribution in [3.8, 4) is 10.6 Å². The molecule has 0 saturated heterocycles. The smallest absolute Gasteiger partial charge is 0.127 e. The predicted molar refractivity (Wildman–Crippen MR) is 88.3 cm³/mol. The van der Waals surface area contributed by atoms with E-state index in [2.05, 4.69) is 23.7 Å². The van der Waals surface area contributed by atoms with Crippen LogP contribution in [0.1, 0.15) is 31.5 Å². The van der Waals surface area contributed by atoms with Crippen LogP contribution >= 0.6 is 22.9 Å². The van der Waals surface area contributed by atoms with Gasteiger partial charge in [0.05, 0.1) is 11.6 Å². The number of halogens is 2. The molecule has 0 aliphatic heterocycles. The summed E-state index contributed by atoms with van der Waals surface area (Å²) in [6.07, 6.45) is 1.05. The Kier molecular flexibility index (Phi) is 5.73. The predicted octanol–water partition coefficient (Wildman–Crippen LogP) is 4.92. The molecule has 1 aromatic heterocycles. The number of hydrogen-bond donors (Lipinski definition) is 0. The van der Waals surface area contributed by atoms with Crippen molar-refractivity contribution in [2.24, 2.45) is 0 Å².